The summed E-state index contributed by atoms with van der Waals surface area (Å²) in [5, 5.41) is 5.16. The molecule has 0 saturated carbocycles. The van der Waals surface area contributed by atoms with Gasteiger partial charge in [0.1, 0.15) is 23.0 Å². The van der Waals surface area contributed by atoms with E-state index in [-0.39, 0.29) is 17.1 Å². The quantitative estimate of drug-likeness (QED) is 0.198. The van der Waals surface area contributed by atoms with Gasteiger partial charge in [-0.2, -0.15) is 4.72 Å². The van der Waals surface area contributed by atoms with Gasteiger partial charge in [-0.25, -0.2) is 13.2 Å². The summed E-state index contributed by atoms with van der Waals surface area (Å²) in [5.41, 5.74) is -1.60. The number of pyridine rings is 2. The van der Waals surface area contributed by atoms with Crippen molar-refractivity contribution in [3.05, 3.63) is 76.7 Å². The van der Waals surface area contributed by atoms with E-state index in [4.69, 9.17) is 14.2 Å². The van der Waals surface area contributed by atoms with Crippen LogP contribution in [0.4, 0.5) is 4.79 Å². The fraction of sp³-hybridized carbons (Fsp3) is 0.419. The predicted molar refractivity (Wildman–Crippen MR) is 167 cm³/mol. The first kappa shape index (κ1) is 35.1. The third-order valence-corrected chi connectivity index (χ3v) is 7.29. The number of sulfonamides is 1. The normalized spacial score (nSPS) is 12.7. The van der Waals surface area contributed by atoms with E-state index in [0.717, 1.165) is 6.07 Å². The zero-order valence-corrected chi connectivity index (χ0v) is 27.0. The van der Waals surface area contributed by atoms with Crippen LogP contribution in [0.25, 0.3) is 5.52 Å². The van der Waals surface area contributed by atoms with Crippen molar-refractivity contribution in [2.75, 3.05) is 19.7 Å². The molecule has 3 aromatic rings. The monoisotopic (exact) mass is 644 g/mol. The third-order valence-electron chi connectivity index (χ3n) is 5.80. The lowest BCUT2D eigenvalue weighted by Crippen LogP contribution is -2.50. The number of esters is 1. The van der Waals surface area contributed by atoms with E-state index in [9.17, 15) is 27.6 Å². The van der Waals surface area contributed by atoms with E-state index >= 15 is 0 Å². The van der Waals surface area contributed by atoms with Crippen LogP contribution in [0.5, 0.6) is 5.75 Å². The van der Waals surface area contributed by atoms with Crippen LogP contribution in [0.15, 0.2) is 70.5 Å². The molecule has 244 valence electrons. The summed E-state index contributed by atoms with van der Waals surface area (Å²) in [4.78, 5) is 50.4. The van der Waals surface area contributed by atoms with Crippen molar-refractivity contribution in [3.8, 4) is 5.75 Å². The fourth-order valence-electron chi connectivity index (χ4n) is 3.89. The number of hydrogen-bond acceptors (Lipinski definition) is 9. The van der Waals surface area contributed by atoms with Crippen molar-refractivity contribution < 1.29 is 37.0 Å². The van der Waals surface area contributed by atoms with Gasteiger partial charge in [0.25, 0.3) is 11.5 Å². The Bertz CT molecular complexity index is 1680. The number of benzene rings is 1. The zero-order valence-electron chi connectivity index (χ0n) is 26.2. The Morgan fingerprint density at radius 1 is 0.889 bits per heavy atom. The summed E-state index contributed by atoms with van der Waals surface area (Å²) in [6, 6.07) is 11.9. The highest BCUT2D eigenvalue weighted by Gasteiger charge is 2.30. The topological polar surface area (TPSA) is 171 Å². The van der Waals surface area contributed by atoms with Gasteiger partial charge in [0.15, 0.2) is 0 Å². The maximum Gasteiger partial charge on any atom is 0.407 e. The van der Waals surface area contributed by atoms with Crippen molar-refractivity contribution in [1.29, 1.82) is 0 Å². The van der Waals surface area contributed by atoms with Crippen LogP contribution in [-0.4, -0.2) is 67.7 Å². The molecule has 0 unspecified atom stereocenters. The highest BCUT2D eigenvalue weighted by atomic mass is 32.2. The summed E-state index contributed by atoms with van der Waals surface area (Å²) in [6.45, 7) is 10.4. The molecule has 3 N–H and O–H groups in total. The number of amides is 2. The summed E-state index contributed by atoms with van der Waals surface area (Å²) in [5.74, 6) is -1.17. The maximum absolute atomic E-state index is 13.0. The van der Waals surface area contributed by atoms with Crippen LogP contribution >= 0.6 is 0 Å². The van der Waals surface area contributed by atoms with Crippen LogP contribution in [0.3, 0.4) is 0 Å². The molecule has 1 aromatic carbocycles. The van der Waals surface area contributed by atoms with Crippen LogP contribution in [0.1, 0.15) is 58.3 Å². The van der Waals surface area contributed by atoms with Crippen molar-refractivity contribution in [2.45, 2.75) is 70.1 Å². The lowest BCUT2D eigenvalue weighted by Gasteiger charge is -2.24. The highest BCUT2D eigenvalue weighted by molar-refractivity contribution is 7.89. The number of carbonyl (C=O) groups excluding carboxylic acids is 3. The molecular weight excluding hydrogens is 604 g/mol. The Morgan fingerprint density at radius 2 is 1.56 bits per heavy atom. The molecule has 14 heteroatoms. The standard InChI is InChI=1S/C31H40N4O9S/c1-30(2,3)43-28(38)25(34-45(40,41)24-11-8-7-9-12-24)19-33-27(37)21-17-22-13-14-23(20-35(22)26(36)18-21)42-16-10-15-32-29(39)44-31(4,5)6/h7-9,11-14,17-18,20,25,34H,10,15-16,19H2,1-6H3,(H,32,39)(H,33,37)/t25-/m0/s1. The van der Waals surface area contributed by atoms with E-state index < -0.39 is 57.3 Å². The summed E-state index contributed by atoms with van der Waals surface area (Å²) >= 11 is 0. The van der Waals surface area contributed by atoms with Crippen LogP contribution < -0.4 is 25.7 Å². The van der Waals surface area contributed by atoms with E-state index in [2.05, 4.69) is 15.4 Å². The Balaban J connectivity index is 1.66. The molecular formula is C31H40N4O9S. The number of hydrogen-bond donors (Lipinski definition) is 3. The molecule has 45 heavy (non-hydrogen) atoms. The van der Waals surface area contributed by atoms with Gasteiger partial charge in [-0.15, -0.1) is 0 Å². The Morgan fingerprint density at radius 3 is 2.20 bits per heavy atom. The van der Waals surface area contributed by atoms with Crippen LogP contribution in [0, 0.1) is 0 Å². The Hall–Kier alpha value is -4.43. The Kier molecular flexibility index (Phi) is 11.3. The van der Waals surface area contributed by atoms with Crippen molar-refractivity contribution in [1.82, 2.24) is 19.8 Å². The van der Waals surface area contributed by atoms with E-state index in [1.165, 1.54) is 28.8 Å². The number of aromatic nitrogens is 1. The van der Waals surface area contributed by atoms with E-state index in [1.54, 1.807) is 71.9 Å². The molecule has 0 aliphatic carbocycles. The molecule has 13 nitrogen and oxygen atoms in total. The van der Waals surface area contributed by atoms with Gasteiger partial charge >= 0.3 is 12.1 Å². The maximum atomic E-state index is 13.0. The molecule has 0 fully saturated rings. The fourth-order valence-corrected chi connectivity index (χ4v) is 5.09. The number of carbonyl (C=O) groups is 3. The molecule has 1 atom stereocenters. The number of alkyl carbamates (subject to hydrolysis) is 1. The molecule has 0 aliphatic heterocycles. The van der Waals surface area contributed by atoms with Gasteiger partial charge in [-0.1, -0.05) is 18.2 Å². The molecule has 3 rings (SSSR count). The minimum absolute atomic E-state index is 0.00995. The number of nitrogens with zero attached hydrogens (tertiary/aromatic N) is 1. The first-order valence-electron chi connectivity index (χ1n) is 14.3. The second kappa shape index (κ2) is 14.6. The minimum Gasteiger partial charge on any atom is -0.492 e. The Labute approximate surface area is 262 Å². The largest absolute Gasteiger partial charge is 0.492 e. The lowest BCUT2D eigenvalue weighted by atomic mass is 10.2. The summed E-state index contributed by atoms with van der Waals surface area (Å²) in [7, 11) is -4.12. The smallest absolute Gasteiger partial charge is 0.407 e. The molecule has 0 saturated heterocycles. The molecule has 0 radical (unpaired) electrons. The first-order valence-corrected chi connectivity index (χ1v) is 15.8. The number of ether oxygens (including phenoxy) is 3. The molecule has 0 spiro atoms. The van der Waals surface area contributed by atoms with Crippen molar-refractivity contribution in [3.63, 3.8) is 0 Å². The minimum atomic E-state index is -4.12. The predicted octanol–water partition coefficient (Wildman–Crippen LogP) is 3.01. The van der Waals surface area contributed by atoms with Gasteiger partial charge in [0.05, 0.1) is 17.7 Å². The van der Waals surface area contributed by atoms with Gasteiger partial charge < -0.3 is 24.8 Å². The number of nitrogens with one attached hydrogen (secondary N) is 3. The van der Waals surface area contributed by atoms with Crippen molar-refractivity contribution >= 4 is 33.5 Å². The van der Waals surface area contributed by atoms with Gasteiger partial charge in [-0.3, -0.25) is 18.8 Å². The summed E-state index contributed by atoms with van der Waals surface area (Å²) < 4.78 is 45.7. The first-order chi connectivity index (χ1) is 20.9. The molecule has 2 heterocycles. The summed E-state index contributed by atoms with van der Waals surface area (Å²) in [6.07, 6.45) is 1.46. The van der Waals surface area contributed by atoms with Gasteiger partial charge in [0.2, 0.25) is 10.0 Å². The van der Waals surface area contributed by atoms with Gasteiger partial charge in [0, 0.05) is 30.2 Å². The third kappa shape index (κ3) is 11.2. The number of fused-ring (bicyclic) bond motifs is 1. The van der Waals surface area contributed by atoms with Crippen LogP contribution in [0.2, 0.25) is 0 Å². The highest BCUT2D eigenvalue weighted by Crippen LogP contribution is 2.15. The lowest BCUT2D eigenvalue weighted by molar-refractivity contribution is -0.156. The second-order valence-electron chi connectivity index (χ2n) is 12.1. The molecule has 0 aliphatic rings. The molecule has 2 aromatic heterocycles. The second-order valence-corrected chi connectivity index (χ2v) is 13.8. The van der Waals surface area contributed by atoms with Gasteiger partial charge in [-0.05, 0) is 78.3 Å². The van der Waals surface area contributed by atoms with Crippen molar-refractivity contribution in [2.24, 2.45) is 0 Å². The van der Waals surface area contributed by atoms with E-state index in [1.807, 2.05) is 0 Å². The average molecular weight is 645 g/mol. The average Bonchev–Trinajstić information content (AvgIpc) is 2.93. The number of rotatable bonds is 12. The molecule has 2 amide bonds. The molecule has 0 bridgehead atoms. The SMILES string of the molecule is CC(C)(C)OC(=O)NCCCOc1ccc2cc(C(=O)NC[C@H](NS(=O)(=O)c3ccccc3)C(=O)OC(C)(C)C)cc(=O)n2c1. The van der Waals surface area contributed by atoms with Crippen LogP contribution in [-0.2, 0) is 24.3 Å². The zero-order chi connectivity index (χ0) is 33.4. The van der Waals surface area contributed by atoms with E-state index in [0.29, 0.717) is 24.2 Å².